The molecule has 3 rings (SSSR count). The highest BCUT2D eigenvalue weighted by atomic mass is 15.1. The summed E-state index contributed by atoms with van der Waals surface area (Å²) in [6.07, 6.45) is 8.13. The van der Waals surface area contributed by atoms with E-state index in [1.807, 2.05) is 48.8 Å². The number of benzene rings is 1. The van der Waals surface area contributed by atoms with Crippen LogP contribution in [0.15, 0.2) is 61.2 Å². The molecular formula is C17H14N4. The lowest BCUT2D eigenvalue weighted by molar-refractivity contribution is 0.740. The van der Waals surface area contributed by atoms with Gasteiger partial charge in [-0.15, -0.1) is 0 Å². The molecule has 0 saturated heterocycles. The fraction of sp³-hybridized carbons (Fsp3) is 0.118. The van der Waals surface area contributed by atoms with Gasteiger partial charge >= 0.3 is 0 Å². The molecule has 0 saturated carbocycles. The molecule has 3 aromatic rings. The SMILES string of the molecule is N#Cc1cccc(Cn2ccnc2Cc2ccncc2)c1. The van der Waals surface area contributed by atoms with Crippen LogP contribution in [0, 0.1) is 11.3 Å². The molecule has 0 spiro atoms. The number of nitrogens with zero attached hydrogens (tertiary/aromatic N) is 4. The van der Waals surface area contributed by atoms with E-state index in [9.17, 15) is 0 Å². The van der Waals surface area contributed by atoms with Crippen LogP contribution in [0.1, 0.15) is 22.5 Å². The highest BCUT2D eigenvalue weighted by molar-refractivity contribution is 5.33. The van der Waals surface area contributed by atoms with Crippen LogP contribution in [0.4, 0.5) is 0 Å². The van der Waals surface area contributed by atoms with Crippen LogP contribution in [-0.4, -0.2) is 14.5 Å². The summed E-state index contributed by atoms with van der Waals surface area (Å²) in [7, 11) is 0. The zero-order valence-corrected chi connectivity index (χ0v) is 11.5. The predicted molar refractivity (Wildman–Crippen MR) is 79.5 cm³/mol. The molecule has 0 bridgehead atoms. The molecule has 4 nitrogen and oxygen atoms in total. The summed E-state index contributed by atoms with van der Waals surface area (Å²) in [5.41, 5.74) is 2.97. The zero-order chi connectivity index (χ0) is 14.5. The average Bonchev–Trinajstić information content (AvgIpc) is 2.95. The Bertz CT molecular complexity index is 769. The van der Waals surface area contributed by atoms with Crippen LogP contribution < -0.4 is 0 Å². The standard InChI is InChI=1S/C17H14N4/c18-12-15-2-1-3-16(10-15)13-21-9-8-20-17(21)11-14-4-6-19-7-5-14/h1-10H,11,13H2. The summed E-state index contributed by atoms with van der Waals surface area (Å²) >= 11 is 0. The third-order valence-electron chi connectivity index (χ3n) is 3.32. The van der Waals surface area contributed by atoms with Crippen molar-refractivity contribution < 1.29 is 0 Å². The Morgan fingerprint density at radius 1 is 1.05 bits per heavy atom. The van der Waals surface area contributed by atoms with E-state index in [2.05, 4.69) is 20.6 Å². The van der Waals surface area contributed by atoms with Crippen molar-refractivity contribution >= 4 is 0 Å². The fourth-order valence-electron chi connectivity index (χ4n) is 2.27. The van der Waals surface area contributed by atoms with Crippen molar-refractivity contribution in [1.82, 2.24) is 14.5 Å². The Balaban J connectivity index is 1.81. The Kier molecular flexibility index (Phi) is 3.74. The average molecular weight is 274 g/mol. The van der Waals surface area contributed by atoms with Crippen LogP contribution in [0.3, 0.4) is 0 Å². The molecule has 1 aromatic carbocycles. The van der Waals surface area contributed by atoms with Gasteiger partial charge in [0.2, 0.25) is 0 Å². The fourth-order valence-corrected chi connectivity index (χ4v) is 2.27. The largest absolute Gasteiger partial charge is 0.330 e. The Hall–Kier alpha value is -2.93. The van der Waals surface area contributed by atoms with E-state index in [-0.39, 0.29) is 0 Å². The summed E-state index contributed by atoms with van der Waals surface area (Å²) in [6, 6.07) is 13.8. The zero-order valence-electron chi connectivity index (χ0n) is 11.5. The molecular weight excluding hydrogens is 260 g/mol. The first-order valence-electron chi connectivity index (χ1n) is 6.73. The van der Waals surface area contributed by atoms with Gasteiger partial charge in [-0.1, -0.05) is 12.1 Å². The Labute approximate surface area is 123 Å². The smallest absolute Gasteiger partial charge is 0.113 e. The van der Waals surface area contributed by atoms with E-state index in [0.717, 1.165) is 24.4 Å². The maximum absolute atomic E-state index is 8.96. The molecule has 0 aliphatic rings. The second-order valence-electron chi connectivity index (χ2n) is 4.82. The highest BCUT2D eigenvalue weighted by Crippen LogP contribution is 2.11. The maximum atomic E-state index is 8.96. The van der Waals surface area contributed by atoms with Gasteiger partial charge in [0.05, 0.1) is 11.6 Å². The molecule has 102 valence electrons. The maximum Gasteiger partial charge on any atom is 0.113 e. The third kappa shape index (κ3) is 3.15. The van der Waals surface area contributed by atoms with Crippen molar-refractivity contribution in [3.05, 3.63) is 83.7 Å². The van der Waals surface area contributed by atoms with Crippen LogP contribution in [-0.2, 0) is 13.0 Å². The number of rotatable bonds is 4. The highest BCUT2D eigenvalue weighted by Gasteiger charge is 2.05. The van der Waals surface area contributed by atoms with Crippen molar-refractivity contribution in [3.63, 3.8) is 0 Å². The third-order valence-corrected chi connectivity index (χ3v) is 3.32. The van der Waals surface area contributed by atoms with Crippen LogP contribution >= 0.6 is 0 Å². The molecule has 0 amide bonds. The topological polar surface area (TPSA) is 54.5 Å². The molecule has 0 fully saturated rings. The van der Waals surface area contributed by atoms with E-state index in [0.29, 0.717) is 5.56 Å². The Morgan fingerprint density at radius 2 is 1.90 bits per heavy atom. The molecule has 21 heavy (non-hydrogen) atoms. The lowest BCUT2D eigenvalue weighted by Crippen LogP contribution is -2.05. The first-order valence-corrected chi connectivity index (χ1v) is 6.73. The molecule has 2 aromatic heterocycles. The van der Waals surface area contributed by atoms with Gasteiger partial charge in [0.25, 0.3) is 0 Å². The van der Waals surface area contributed by atoms with E-state index in [1.165, 1.54) is 5.56 Å². The van der Waals surface area contributed by atoms with Gasteiger partial charge in [-0.05, 0) is 35.4 Å². The van der Waals surface area contributed by atoms with Gasteiger partial charge < -0.3 is 4.57 Å². The van der Waals surface area contributed by atoms with Crippen molar-refractivity contribution in [1.29, 1.82) is 5.26 Å². The van der Waals surface area contributed by atoms with Crippen LogP contribution in [0.2, 0.25) is 0 Å². The first kappa shape index (κ1) is 13.1. The van der Waals surface area contributed by atoms with Gasteiger partial charge in [0, 0.05) is 37.8 Å². The number of pyridine rings is 1. The Morgan fingerprint density at radius 3 is 2.71 bits per heavy atom. The van der Waals surface area contributed by atoms with Gasteiger partial charge in [-0.2, -0.15) is 5.26 Å². The molecule has 0 unspecified atom stereocenters. The van der Waals surface area contributed by atoms with Crippen LogP contribution in [0.5, 0.6) is 0 Å². The summed E-state index contributed by atoms with van der Waals surface area (Å²) in [6.45, 7) is 0.718. The number of hydrogen-bond acceptors (Lipinski definition) is 3. The van der Waals surface area contributed by atoms with Gasteiger partial charge in [0.15, 0.2) is 0 Å². The van der Waals surface area contributed by atoms with Crippen molar-refractivity contribution in [2.24, 2.45) is 0 Å². The summed E-state index contributed by atoms with van der Waals surface area (Å²) < 4.78 is 2.11. The number of aromatic nitrogens is 3. The van der Waals surface area contributed by atoms with E-state index in [4.69, 9.17) is 5.26 Å². The van der Waals surface area contributed by atoms with E-state index in [1.54, 1.807) is 12.4 Å². The minimum Gasteiger partial charge on any atom is -0.330 e. The summed E-state index contributed by atoms with van der Waals surface area (Å²) in [5.74, 6) is 1.00. The molecule has 0 N–H and O–H groups in total. The van der Waals surface area contributed by atoms with E-state index < -0.39 is 0 Å². The van der Waals surface area contributed by atoms with Crippen molar-refractivity contribution in [3.8, 4) is 6.07 Å². The lowest BCUT2D eigenvalue weighted by Gasteiger charge is -2.08. The van der Waals surface area contributed by atoms with Gasteiger partial charge in [-0.25, -0.2) is 4.98 Å². The molecule has 0 aliphatic carbocycles. The van der Waals surface area contributed by atoms with E-state index >= 15 is 0 Å². The normalized spacial score (nSPS) is 10.2. The molecule has 0 aliphatic heterocycles. The monoisotopic (exact) mass is 274 g/mol. The van der Waals surface area contributed by atoms with Crippen molar-refractivity contribution in [2.75, 3.05) is 0 Å². The lowest BCUT2D eigenvalue weighted by atomic mass is 10.1. The molecule has 2 heterocycles. The molecule has 0 radical (unpaired) electrons. The summed E-state index contributed by atoms with van der Waals surface area (Å²) in [5, 5.41) is 8.96. The van der Waals surface area contributed by atoms with Gasteiger partial charge in [-0.3, -0.25) is 4.98 Å². The number of hydrogen-bond donors (Lipinski definition) is 0. The predicted octanol–water partition coefficient (Wildman–Crippen LogP) is 2.79. The second kappa shape index (κ2) is 6.02. The summed E-state index contributed by atoms with van der Waals surface area (Å²) in [4.78, 5) is 8.45. The minimum absolute atomic E-state index is 0.684. The number of nitriles is 1. The van der Waals surface area contributed by atoms with Crippen LogP contribution in [0.25, 0.3) is 0 Å². The number of imidazole rings is 1. The minimum atomic E-state index is 0.684. The quantitative estimate of drug-likeness (QED) is 0.735. The molecule has 0 atom stereocenters. The van der Waals surface area contributed by atoms with Gasteiger partial charge in [0.1, 0.15) is 5.82 Å². The molecule has 4 heteroatoms. The van der Waals surface area contributed by atoms with Crippen molar-refractivity contribution in [2.45, 2.75) is 13.0 Å². The first-order chi connectivity index (χ1) is 10.3. The second-order valence-corrected chi connectivity index (χ2v) is 4.82.